The minimum absolute atomic E-state index is 0.0179. The van der Waals surface area contributed by atoms with Crippen LogP contribution < -0.4 is 4.43 Å². The zero-order valence-corrected chi connectivity index (χ0v) is 14.0. The lowest BCUT2D eigenvalue weighted by atomic mass is 9.85. The van der Waals surface area contributed by atoms with Crippen LogP contribution >= 0.6 is 0 Å². The lowest BCUT2D eigenvalue weighted by molar-refractivity contribution is 0.112. The molecular weight excluding hydrogens is 264 g/mol. The molecule has 0 spiro atoms. The summed E-state index contributed by atoms with van der Waals surface area (Å²) < 4.78 is 6.21. The Morgan fingerprint density at radius 2 is 1.75 bits per heavy atom. The number of fused-ring (bicyclic) bond motifs is 1. The van der Waals surface area contributed by atoms with Gasteiger partial charge in [-0.05, 0) is 35.5 Å². The Labute approximate surface area is 122 Å². The zero-order chi connectivity index (χ0) is 14.9. The lowest BCUT2D eigenvalue weighted by Crippen LogP contribution is -2.18. The van der Waals surface area contributed by atoms with E-state index < -0.39 is 9.04 Å². The fourth-order valence-corrected chi connectivity index (χ4v) is 3.06. The lowest BCUT2D eigenvalue weighted by Gasteiger charge is -2.25. The van der Waals surface area contributed by atoms with Crippen LogP contribution in [0.1, 0.15) is 36.7 Å². The topological polar surface area (TPSA) is 26.3 Å². The molecule has 2 aromatic carbocycles. The second-order valence-corrected chi connectivity index (χ2v) is 8.79. The molecule has 0 bridgehead atoms. The Hall–Kier alpha value is -1.61. The van der Waals surface area contributed by atoms with Crippen LogP contribution in [0, 0.1) is 0 Å². The molecule has 0 fully saturated rings. The molecule has 0 aliphatic heterocycles. The first kappa shape index (κ1) is 14.8. The van der Waals surface area contributed by atoms with Crippen LogP contribution in [-0.2, 0) is 5.41 Å². The van der Waals surface area contributed by atoms with E-state index >= 15 is 0 Å². The van der Waals surface area contributed by atoms with E-state index in [1.165, 1.54) is 5.56 Å². The van der Waals surface area contributed by atoms with Crippen LogP contribution in [-0.4, -0.2) is 15.3 Å². The van der Waals surface area contributed by atoms with Crippen LogP contribution in [0.5, 0.6) is 5.75 Å². The summed E-state index contributed by atoms with van der Waals surface area (Å²) in [6.07, 6.45) is 0.889. The Kier molecular flexibility index (Phi) is 4.00. The molecule has 0 aliphatic rings. The van der Waals surface area contributed by atoms with Crippen molar-refractivity contribution >= 4 is 26.1 Å². The number of benzene rings is 2. The molecule has 0 N–H and O–H groups in total. The van der Waals surface area contributed by atoms with Gasteiger partial charge in [0.05, 0.1) is 0 Å². The molecule has 0 aliphatic carbocycles. The normalized spacial score (nSPS) is 11.9. The van der Waals surface area contributed by atoms with Gasteiger partial charge < -0.3 is 4.43 Å². The Balaban J connectivity index is 2.77. The van der Waals surface area contributed by atoms with E-state index in [1.54, 1.807) is 0 Å². The van der Waals surface area contributed by atoms with Gasteiger partial charge in [-0.1, -0.05) is 45.0 Å². The predicted octanol–water partition coefficient (Wildman–Crippen LogP) is 4.31. The van der Waals surface area contributed by atoms with Gasteiger partial charge in [0.2, 0.25) is 9.04 Å². The average Bonchev–Trinajstić information content (AvgIpc) is 2.36. The molecule has 106 valence electrons. The smallest absolute Gasteiger partial charge is 0.229 e. The van der Waals surface area contributed by atoms with Crippen LogP contribution in [0.2, 0.25) is 13.1 Å². The minimum atomic E-state index is -1.22. The molecule has 2 nitrogen and oxygen atoms in total. The van der Waals surface area contributed by atoms with Gasteiger partial charge in [0.25, 0.3) is 0 Å². The maximum atomic E-state index is 11.0. The van der Waals surface area contributed by atoms with Gasteiger partial charge in [-0.3, -0.25) is 4.79 Å². The van der Waals surface area contributed by atoms with E-state index in [4.69, 9.17) is 4.43 Å². The molecule has 0 amide bonds. The molecule has 0 heterocycles. The van der Waals surface area contributed by atoms with Crippen molar-refractivity contribution < 1.29 is 9.22 Å². The van der Waals surface area contributed by atoms with Crippen molar-refractivity contribution in [3.63, 3.8) is 0 Å². The van der Waals surface area contributed by atoms with Gasteiger partial charge in [-0.15, -0.1) is 0 Å². The third-order valence-electron chi connectivity index (χ3n) is 3.29. The van der Waals surface area contributed by atoms with E-state index in [0.29, 0.717) is 5.56 Å². The standard InChI is InChI=1S/C17H22O2Si/c1-17(2,3)15-9-8-13-7-6-12(11-18)10-14(13)16(15)19-20(4)5/h6-11,20H,1-5H3. The largest absolute Gasteiger partial charge is 0.546 e. The Morgan fingerprint density at radius 3 is 2.30 bits per heavy atom. The summed E-state index contributed by atoms with van der Waals surface area (Å²) in [6, 6.07) is 10.0. The van der Waals surface area contributed by atoms with Crippen LogP contribution in [0.25, 0.3) is 10.8 Å². The van der Waals surface area contributed by atoms with E-state index in [1.807, 2.05) is 18.2 Å². The van der Waals surface area contributed by atoms with Crippen LogP contribution in [0.3, 0.4) is 0 Å². The van der Waals surface area contributed by atoms with Crippen molar-refractivity contribution in [3.05, 3.63) is 41.5 Å². The van der Waals surface area contributed by atoms with Gasteiger partial charge in [0, 0.05) is 10.9 Å². The molecule has 20 heavy (non-hydrogen) atoms. The van der Waals surface area contributed by atoms with Crippen molar-refractivity contribution in [3.8, 4) is 5.75 Å². The molecule has 2 rings (SSSR count). The quantitative estimate of drug-likeness (QED) is 0.621. The molecule has 0 saturated carbocycles. The van der Waals surface area contributed by atoms with Crippen molar-refractivity contribution in [1.82, 2.24) is 0 Å². The highest BCUT2D eigenvalue weighted by atomic mass is 28.3. The number of carbonyl (C=O) groups is 1. The third-order valence-corrected chi connectivity index (χ3v) is 4.00. The number of rotatable bonds is 3. The number of hydrogen-bond donors (Lipinski definition) is 0. The second-order valence-electron chi connectivity index (χ2n) is 6.46. The Bertz CT molecular complexity index is 639. The maximum Gasteiger partial charge on any atom is 0.229 e. The highest BCUT2D eigenvalue weighted by Crippen LogP contribution is 2.38. The van der Waals surface area contributed by atoms with E-state index in [0.717, 1.165) is 22.8 Å². The van der Waals surface area contributed by atoms with Crippen molar-refractivity contribution in [2.24, 2.45) is 0 Å². The van der Waals surface area contributed by atoms with E-state index in [2.05, 4.69) is 46.0 Å². The zero-order valence-electron chi connectivity index (χ0n) is 12.9. The Morgan fingerprint density at radius 1 is 1.10 bits per heavy atom. The molecular formula is C17H22O2Si. The molecule has 0 saturated heterocycles. The number of carbonyl (C=O) groups excluding carboxylic acids is 1. The summed E-state index contributed by atoms with van der Waals surface area (Å²) in [5.41, 5.74) is 1.91. The number of hydrogen-bond acceptors (Lipinski definition) is 2. The first-order valence-electron chi connectivity index (χ1n) is 7.02. The fraction of sp³-hybridized carbons (Fsp3) is 0.353. The van der Waals surface area contributed by atoms with E-state index in [9.17, 15) is 4.79 Å². The first-order chi connectivity index (χ1) is 9.32. The summed E-state index contributed by atoms with van der Waals surface area (Å²) in [4.78, 5) is 11.0. The summed E-state index contributed by atoms with van der Waals surface area (Å²) in [5.74, 6) is 0.959. The minimum Gasteiger partial charge on any atom is -0.546 e. The monoisotopic (exact) mass is 286 g/mol. The SMILES string of the molecule is C[SiH](C)Oc1c(C(C)(C)C)ccc2ccc(C=O)cc12. The van der Waals surface area contributed by atoms with Crippen LogP contribution in [0.4, 0.5) is 0 Å². The van der Waals surface area contributed by atoms with E-state index in [-0.39, 0.29) is 5.41 Å². The van der Waals surface area contributed by atoms with Gasteiger partial charge in [0.1, 0.15) is 12.0 Å². The average molecular weight is 286 g/mol. The van der Waals surface area contributed by atoms with Crippen molar-refractivity contribution in [1.29, 1.82) is 0 Å². The molecule has 2 aromatic rings. The summed E-state index contributed by atoms with van der Waals surface area (Å²) in [5, 5.41) is 2.16. The first-order valence-corrected chi connectivity index (χ1v) is 9.80. The molecule has 0 radical (unpaired) electrons. The summed E-state index contributed by atoms with van der Waals surface area (Å²) in [6.45, 7) is 10.9. The van der Waals surface area contributed by atoms with Crippen molar-refractivity contribution in [2.75, 3.05) is 0 Å². The third kappa shape index (κ3) is 2.93. The molecule has 0 atom stereocenters. The predicted molar refractivity (Wildman–Crippen MR) is 87.5 cm³/mol. The highest BCUT2D eigenvalue weighted by Gasteiger charge is 2.21. The van der Waals surface area contributed by atoms with Gasteiger partial charge >= 0.3 is 0 Å². The van der Waals surface area contributed by atoms with Gasteiger partial charge in [-0.25, -0.2) is 0 Å². The van der Waals surface area contributed by atoms with Gasteiger partial charge in [-0.2, -0.15) is 0 Å². The fourth-order valence-electron chi connectivity index (χ4n) is 2.34. The number of aldehydes is 1. The van der Waals surface area contributed by atoms with Crippen molar-refractivity contribution in [2.45, 2.75) is 39.3 Å². The highest BCUT2D eigenvalue weighted by molar-refractivity contribution is 6.49. The van der Waals surface area contributed by atoms with Crippen LogP contribution in [0.15, 0.2) is 30.3 Å². The molecule has 3 heteroatoms. The molecule has 0 aromatic heterocycles. The maximum absolute atomic E-state index is 11.0. The van der Waals surface area contributed by atoms with Gasteiger partial charge in [0.15, 0.2) is 0 Å². The second kappa shape index (κ2) is 5.41. The summed E-state index contributed by atoms with van der Waals surface area (Å²) >= 11 is 0. The molecule has 0 unspecified atom stereocenters. The summed E-state index contributed by atoms with van der Waals surface area (Å²) in [7, 11) is -1.22.